The first-order chi connectivity index (χ1) is 6.15. The molecule has 0 aliphatic rings. The second-order valence-electron chi connectivity index (χ2n) is 2.87. The summed E-state index contributed by atoms with van der Waals surface area (Å²) in [5.74, 6) is 3.38. The van der Waals surface area contributed by atoms with Crippen LogP contribution in [0.5, 0.6) is 0 Å². The van der Waals surface area contributed by atoms with Gasteiger partial charge >= 0.3 is 0 Å². The number of hydrogen-bond donors (Lipinski definition) is 1. The molecule has 0 fully saturated rings. The summed E-state index contributed by atoms with van der Waals surface area (Å²) in [7, 11) is 0. The third-order valence-electron chi connectivity index (χ3n) is 1.91. The topological polar surface area (TPSA) is 51.8 Å². The number of aromatic nitrogens is 2. The maximum absolute atomic E-state index is 5.73. The maximum atomic E-state index is 5.73. The molecule has 0 aromatic carbocycles. The van der Waals surface area contributed by atoms with E-state index in [4.69, 9.17) is 5.73 Å². The Morgan fingerprint density at radius 2 is 2.00 bits per heavy atom. The predicted octanol–water partition coefficient (Wildman–Crippen LogP) is 1.93. The fourth-order valence-corrected chi connectivity index (χ4v) is 1.48. The lowest BCUT2D eigenvalue weighted by atomic mass is 10.2. The largest absolute Gasteiger partial charge is 0.383 e. The average Bonchev–Trinajstić information content (AvgIpc) is 2.10. The van der Waals surface area contributed by atoms with Gasteiger partial charge in [0, 0.05) is 11.3 Å². The molecule has 0 amide bonds. The number of anilines is 1. The molecular weight excluding hydrogens is 182 g/mol. The number of hydrogen-bond acceptors (Lipinski definition) is 4. The smallest absolute Gasteiger partial charge is 0.140 e. The third-order valence-corrected chi connectivity index (χ3v) is 2.78. The Bertz CT molecular complexity index is 276. The maximum Gasteiger partial charge on any atom is 0.140 e. The first-order valence-corrected chi connectivity index (χ1v) is 5.48. The van der Waals surface area contributed by atoms with Crippen LogP contribution in [0.3, 0.4) is 0 Å². The van der Waals surface area contributed by atoms with E-state index in [-0.39, 0.29) is 0 Å². The first-order valence-electron chi connectivity index (χ1n) is 4.32. The standard InChI is InChI=1S/C9H15N3S/c1-4-13-5-8-11-7(3)6(2)9(10)12-8/h4-5H2,1-3H3,(H2,10,11,12). The van der Waals surface area contributed by atoms with Crippen molar-refractivity contribution in [3.05, 3.63) is 17.1 Å². The summed E-state index contributed by atoms with van der Waals surface area (Å²) in [5.41, 5.74) is 7.71. The van der Waals surface area contributed by atoms with Gasteiger partial charge in [-0.25, -0.2) is 9.97 Å². The molecule has 0 saturated carbocycles. The fraction of sp³-hybridized carbons (Fsp3) is 0.556. The molecule has 3 nitrogen and oxygen atoms in total. The third kappa shape index (κ3) is 2.59. The average molecular weight is 197 g/mol. The number of nitrogens with two attached hydrogens (primary N) is 1. The van der Waals surface area contributed by atoms with Crippen molar-refractivity contribution in [1.82, 2.24) is 9.97 Å². The van der Waals surface area contributed by atoms with Crippen LogP contribution in [0, 0.1) is 13.8 Å². The van der Waals surface area contributed by atoms with Gasteiger partial charge in [0.15, 0.2) is 0 Å². The van der Waals surface area contributed by atoms with Crippen molar-refractivity contribution < 1.29 is 0 Å². The van der Waals surface area contributed by atoms with E-state index in [1.165, 1.54) is 0 Å². The summed E-state index contributed by atoms with van der Waals surface area (Å²) < 4.78 is 0. The molecule has 1 aromatic rings. The van der Waals surface area contributed by atoms with Crippen molar-refractivity contribution in [2.24, 2.45) is 0 Å². The zero-order valence-electron chi connectivity index (χ0n) is 8.29. The SMILES string of the molecule is CCSCc1nc(C)c(C)c(N)n1. The van der Waals surface area contributed by atoms with E-state index in [9.17, 15) is 0 Å². The summed E-state index contributed by atoms with van der Waals surface area (Å²) >= 11 is 1.80. The van der Waals surface area contributed by atoms with E-state index in [1.54, 1.807) is 11.8 Å². The van der Waals surface area contributed by atoms with Crippen LogP contribution in [-0.2, 0) is 5.75 Å². The van der Waals surface area contributed by atoms with Gasteiger partial charge < -0.3 is 5.73 Å². The van der Waals surface area contributed by atoms with Crippen LogP contribution < -0.4 is 5.73 Å². The van der Waals surface area contributed by atoms with Crippen molar-refractivity contribution in [1.29, 1.82) is 0 Å². The van der Waals surface area contributed by atoms with Crippen molar-refractivity contribution in [2.75, 3.05) is 11.5 Å². The quantitative estimate of drug-likeness (QED) is 0.804. The molecule has 0 saturated heterocycles. The Kier molecular flexibility index (Phi) is 3.54. The molecule has 13 heavy (non-hydrogen) atoms. The number of thioether (sulfide) groups is 1. The lowest BCUT2D eigenvalue weighted by Gasteiger charge is -2.05. The molecule has 72 valence electrons. The molecular formula is C9H15N3S. The van der Waals surface area contributed by atoms with E-state index < -0.39 is 0 Å². The van der Waals surface area contributed by atoms with Crippen LogP contribution >= 0.6 is 11.8 Å². The highest BCUT2D eigenvalue weighted by molar-refractivity contribution is 7.98. The zero-order valence-corrected chi connectivity index (χ0v) is 9.11. The summed E-state index contributed by atoms with van der Waals surface area (Å²) in [6.07, 6.45) is 0. The number of nitrogens with zero attached hydrogens (tertiary/aromatic N) is 2. The van der Waals surface area contributed by atoms with Gasteiger partial charge in [-0.15, -0.1) is 0 Å². The van der Waals surface area contributed by atoms with Gasteiger partial charge in [0.2, 0.25) is 0 Å². The monoisotopic (exact) mass is 197 g/mol. The summed E-state index contributed by atoms with van der Waals surface area (Å²) in [4.78, 5) is 8.58. The lowest BCUT2D eigenvalue weighted by molar-refractivity contribution is 0.981. The molecule has 0 unspecified atom stereocenters. The molecule has 0 aliphatic carbocycles. The highest BCUT2D eigenvalue weighted by atomic mass is 32.2. The van der Waals surface area contributed by atoms with Crippen LogP contribution in [-0.4, -0.2) is 15.7 Å². The van der Waals surface area contributed by atoms with Gasteiger partial charge in [0.05, 0.1) is 5.75 Å². The fourth-order valence-electron chi connectivity index (χ4n) is 0.969. The van der Waals surface area contributed by atoms with Gasteiger partial charge in [0.1, 0.15) is 11.6 Å². The van der Waals surface area contributed by atoms with Gasteiger partial charge in [-0.05, 0) is 19.6 Å². The van der Waals surface area contributed by atoms with Crippen LogP contribution in [0.1, 0.15) is 24.0 Å². The summed E-state index contributed by atoms with van der Waals surface area (Å²) in [6, 6.07) is 0. The molecule has 2 N–H and O–H groups in total. The second-order valence-corrected chi connectivity index (χ2v) is 4.15. The molecule has 0 radical (unpaired) electrons. The van der Waals surface area contributed by atoms with Gasteiger partial charge in [-0.2, -0.15) is 11.8 Å². The summed E-state index contributed by atoms with van der Waals surface area (Å²) in [5, 5.41) is 0. The van der Waals surface area contributed by atoms with Crippen LogP contribution in [0.15, 0.2) is 0 Å². The molecule has 0 aliphatic heterocycles. The van der Waals surface area contributed by atoms with E-state index >= 15 is 0 Å². The van der Waals surface area contributed by atoms with Crippen LogP contribution in [0.25, 0.3) is 0 Å². The highest BCUT2D eigenvalue weighted by Gasteiger charge is 2.04. The van der Waals surface area contributed by atoms with Gasteiger partial charge in [-0.1, -0.05) is 6.92 Å². The van der Waals surface area contributed by atoms with E-state index in [0.29, 0.717) is 5.82 Å². The van der Waals surface area contributed by atoms with Crippen molar-refractivity contribution in [3.8, 4) is 0 Å². The Morgan fingerprint density at radius 1 is 1.31 bits per heavy atom. The Morgan fingerprint density at radius 3 is 2.54 bits per heavy atom. The minimum absolute atomic E-state index is 0.610. The number of aryl methyl sites for hydroxylation is 1. The Balaban J connectivity index is 2.86. The zero-order chi connectivity index (χ0) is 9.84. The molecule has 0 bridgehead atoms. The first kappa shape index (κ1) is 10.3. The molecule has 1 aromatic heterocycles. The van der Waals surface area contributed by atoms with Crippen LogP contribution in [0.2, 0.25) is 0 Å². The van der Waals surface area contributed by atoms with E-state index in [0.717, 1.165) is 28.6 Å². The van der Waals surface area contributed by atoms with Crippen molar-refractivity contribution in [3.63, 3.8) is 0 Å². The highest BCUT2D eigenvalue weighted by Crippen LogP contribution is 2.14. The molecule has 0 spiro atoms. The van der Waals surface area contributed by atoms with E-state index in [1.807, 2.05) is 13.8 Å². The number of nitrogen functional groups attached to an aromatic ring is 1. The van der Waals surface area contributed by atoms with Crippen LogP contribution in [0.4, 0.5) is 5.82 Å². The Labute approximate surface area is 83.2 Å². The van der Waals surface area contributed by atoms with Crippen molar-refractivity contribution in [2.45, 2.75) is 26.5 Å². The molecule has 4 heteroatoms. The van der Waals surface area contributed by atoms with Gasteiger partial charge in [0.25, 0.3) is 0 Å². The van der Waals surface area contributed by atoms with Crippen molar-refractivity contribution >= 4 is 17.6 Å². The minimum Gasteiger partial charge on any atom is -0.383 e. The van der Waals surface area contributed by atoms with E-state index in [2.05, 4.69) is 16.9 Å². The second kappa shape index (κ2) is 4.46. The lowest BCUT2D eigenvalue weighted by Crippen LogP contribution is -2.04. The normalized spacial score (nSPS) is 10.4. The Hall–Kier alpha value is -0.770. The molecule has 1 rings (SSSR count). The molecule has 0 atom stereocenters. The predicted molar refractivity (Wildman–Crippen MR) is 57.8 cm³/mol. The minimum atomic E-state index is 0.610. The molecule has 1 heterocycles. The van der Waals surface area contributed by atoms with Gasteiger partial charge in [-0.3, -0.25) is 0 Å². The summed E-state index contributed by atoms with van der Waals surface area (Å²) in [6.45, 7) is 6.03. The number of rotatable bonds is 3.